The minimum absolute atomic E-state index is 0.0581. The molecular weight excluding hydrogens is 228 g/mol. The highest BCUT2D eigenvalue weighted by Gasteiger charge is 2.02. The van der Waals surface area contributed by atoms with E-state index in [4.69, 9.17) is 4.42 Å². The van der Waals surface area contributed by atoms with Gasteiger partial charge in [-0.25, -0.2) is 0 Å². The van der Waals surface area contributed by atoms with Crippen molar-refractivity contribution in [3.05, 3.63) is 47.9 Å². The number of benzene rings is 1. The van der Waals surface area contributed by atoms with Gasteiger partial charge in [0.15, 0.2) is 0 Å². The smallest absolute Gasteiger partial charge is 0.221 e. The summed E-state index contributed by atoms with van der Waals surface area (Å²) in [5.74, 6) is -0.0581. The summed E-state index contributed by atoms with van der Waals surface area (Å²) < 4.78 is 5.00. The molecular formula is C14H16N2O2. The fourth-order valence-electron chi connectivity index (χ4n) is 1.70. The Morgan fingerprint density at radius 3 is 2.78 bits per heavy atom. The first-order chi connectivity index (χ1) is 8.65. The molecule has 4 heteroatoms. The molecule has 0 atom stereocenters. The first kappa shape index (κ1) is 12.2. The first-order valence-corrected chi connectivity index (χ1v) is 5.78. The molecule has 0 unspecified atom stereocenters. The minimum atomic E-state index is -0.0581. The van der Waals surface area contributed by atoms with Crippen LogP contribution in [0.25, 0.3) is 0 Å². The molecule has 0 fully saturated rings. The van der Waals surface area contributed by atoms with Crippen molar-refractivity contribution in [1.82, 2.24) is 0 Å². The molecule has 1 aromatic heterocycles. The highest BCUT2D eigenvalue weighted by atomic mass is 16.3. The van der Waals surface area contributed by atoms with E-state index < -0.39 is 0 Å². The second kappa shape index (κ2) is 5.40. The summed E-state index contributed by atoms with van der Waals surface area (Å²) in [6, 6.07) is 7.77. The molecule has 94 valence electrons. The van der Waals surface area contributed by atoms with Crippen molar-refractivity contribution in [3.8, 4) is 0 Å². The molecule has 0 aliphatic heterocycles. The van der Waals surface area contributed by atoms with E-state index in [1.165, 1.54) is 6.92 Å². The zero-order valence-corrected chi connectivity index (χ0v) is 10.5. The Morgan fingerprint density at radius 1 is 1.33 bits per heavy atom. The third-order valence-electron chi connectivity index (χ3n) is 2.61. The molecule has 0 saturated heterocycles. The summed E-state index contributed by atoms with van der Waals surface area (Å²) in [7, 11) is 0. The largest absolute Gasteiger partial charge is 0.472 e. The highest BCUT2D eigenvalue weighted by molar-refractivity contribution is 5.89. The Labute approximate surface area is 106 Å². The summed E-state index contributed by atoms with van der Waals surface area (Å²) in [6.45, 7) is 4.19. The monoisotopic (exact) mass is 244 g/mol. The topological polar surface area (TPSA) is 54.3 Å². The standard InChI is InChI=1S/C14H16N2O2/c1-10-7-13(3-4-14(10)16-11(2)17)15-8-12-5-6-18-9-12/h3-7,9,15H,8H2,1-2H3,(H,16,17). The lowest BCUT2D eigenvalue weighted by atomic mass is 10.1. The van der Waals surface area contributed by atoms with Crippen molar-refractivity contribution >= 4 is 17.3 Å². The predicted octanol–water partition coefficient (Wildman–Crippen LogP) is 3.16. The fraction of sp³-hybridized carbons (Fsp3) is 0.214. The van der Waals surface area contributed by atoms with Gasteiger partial charge in [-0.1, -0.05) is 0 Å². The number of anilines is 2. The van der Waals surface area contributed by atoms with Gasteiger partial charge in [0.1, 0.15) is 0 Å². The number of nitrogens with one attached hydrogen (secondary N) is 2. The molecule has 0 radical (unpaired) electrons. The molecule has 4 nitrogen and oxygen atoms in total. The number of hydrogen-bond acceptors (Lipinski definition) is 3. The molecule has 2 aromatic rings. The predicted molar refractivity (Wildman–Crippen MR) is 71.5 cm³/mol. The molecule has 0 saturated carbocycles. The number of furan rings is 1. The highest BCUT2D eigenvalue weighted by Crippen LogP contribution is 2.20. The maximum Gasteiger partial charge on any atom is 0.221 e. The van der Waals surface area contributed by atoms with Gasteiger partial charge in [-0.15, -0.1) is 0 Å². The normalized spacial score (nSPS) is 10.1. The van der Waals surface area contributed by atoms with Crippen LogP contribution in [0.1, 0.15) is 18.1 Å². The second-order valence-electron chi connectivity index (χ2n) is 4.20. The van der Waals surface area contributed by atoms with Gasteiger partial charge in [-0.05, 0) is 36.8 Å². The molecule has 0 aliphatic rings. The molecule has 1 aromatic carbocycles. The van der Waals surface area contributed by atoms with Crippen molar-refractivity contribution in [2.24, 2.45) is 0 Å². The van der Waals surface area contributed by atoms with Crippen molar-refractivity contribution < 1.29 is 9.21 Å². The molecule has 0 aliphatic carbocycles. The van der Waals surface area contributed by atoms with E-state index in [9.17, 15) is 4.79 Å². The Kier molecular flexibility index (Phi) is 3.67. The van der Waals surface area contributed by atoms with Crippen LogP contribution < -0.4 is 10.6 Å². The Bertz CT molecular complexity index is 533. The van der Waals surface area contributed by atoms with Gasteiger partial charge >= 0.3 is 0 Å². The van der Waals surface area contributed by atoms with E-state index in [-0.39, 0.29) is 5.91 Å². The van der Waals surface area contributed by atoms with Crippen molar-refractivity contribution in [2.75, 3.05) is 10.6 Å². The number of amides is 1. The summed E-state index contributed by atoms with van der Waals surface area (Å²) in [4.78, 5) is 11.0. The summed E-state index contributed by atoms with van der Waals surface area (Å²) in [5.41, 5.74) is 3.99. The number of rotatable bonds is 4. The third-order valence-corrected chi connectivity index (χ3v) is 2.61. The van der Waals surface area contributed by atoms with E-state index in [0.717, 1.165) is 29.0 Å². The first-order valence-electron chi connectivity index (χ1n) is 5.78. The van der Waals surface area contributed by atoms with Gasteiger partial charge in [-0.3, -0.25) is 4.79 Å². The lowest BCUT2D eigenvalue weighted by Crippen LogP contribution is -2.07. The molecule has 2 rings (SSSR count). The van der Waals surface area contributed by atoms with E-state index >= 15 is 0 Å². The SMILES string of the molecule is CC(=O)Nc1ccc(NCc2ccoc2)cc1C. The van der Waals surface area contributed by atoms with Crippen LogP contribution in [-0.2, 0) is 11.3 Å². The summed E-state index contributed by atoms with van der Waals surface area (Å²) >= 11 is 0. The van der Waals surface area contributed by atoms with E-state index in [2.05, 4.69) is 10.6 Å². The van der Waals surface area contributed by atoms with Crippen LogP contribution in [0.5, 0.6) is 0 Å². The molecule has 1 heterocycles. The van der Waals surface area contributed by atoms with Crippen LogP contribution in [0.2, 0.25) is 0 Å². The molecule has 2 N–H and O–H groups in total. The fourth-order valence-corrected chi connectivity index (χ4v) is 1.70. The van der Waals surface area contributed by atoms with Crippen LogP contribution in [0, 0.1) is 6.92 Å². The van der Waals surface area contributed by atoms with Gasteiger partial charge in [0.25, 0.3) is 0 Å². The third kappa shape index (κ3) is 3.13. The van der Waals surface area contributed by atoms with E-state index in [0.29, 0.717) is 0 Å². The average Bonchev–Trinajstić information content (AvgIpc) is 2.82. The number of carbonyl (C=O) groups excluding carboxylic acids is 1. The maximum atomic E-state index is 11.0. The van der Waals surface area contributed by atoms with Crippen molar-refractivity contribution in [2.45, 2.75) is 20.4 Å². The van der Waals surface area contributed by atoms with Gasteiger partial charge < -0.3 is 15.1 Å². The van der Waals surface area contributed by atoms with Crippen molar-refractivity contribution in [3.63, 3.8) is 0 Å². The van der Waals surface area contributed by atoms with Gasteiger partial charge in [0.05, 0.1) is 12.5 Å². The van der Waals surface area contributed by atoms with Crippen LogP contribution >= 0.6 is 0 Å². The summed E-state index contributed by atoms with van der Waals surface area (Å²) in [6.07, 6.45) is 3.37. The van der Waals surface area contributed by atoms with Crippen LogP contribution in [0.4, 0.5) is 11.4 Å². The quantitative estimate of drug-likeness (QED) is 0.868. The second-order valence-corrected chi connectivity index (χ2v) is 4.20. The average molecular weight is 244 g/mol. The van der Waals surface area contributed by atoms with Gasteiger partial charge in [-0.2, -0.15) is 0 Å². The molecule has 0 spiro atoms. The van der Waals surface area contributed by atoms with Gasteiger partial charge in [0, 0.05) is 30.4 Å². The molecule has 18 heavy (non-hydrogen) atoms. The van der Waals surface area contributed by atoms with E-state index in [1.807, 2.05) is 31.2 Å². The van der Waals surface area contributed by atoms with Crippen LogP contribution in [-0.4, -0.2) is 5.91 Å². The zero-order valence-electron chi connectivity index (χ0n) is 10.5. The van der Waals surface area contributed by atoms with E-state index in [1.54, 1.807) is 12.5 Å². The Balaban J connectivity index is 2.02. The number of carbonyl (C=O) groups is 1. The minimum Gasteiger partial charge on any atom is -0.472 e. The lowest BCUT2D eigenvalue weighted by molar-refractivity contribution is -0.114. The van der Waals surface area contributed by atoms with Crippen LogP contribution in [0.3, 0.4) is 0 Å². The summed E-state index contributed by atoms with van der Waals surface area (Å²) in [5, 5.41) is 6.08. The molecule has 0 bridgehead atoms. The number of hydrogen-bond donors (Lipinski definition) is 2. The zero-order chi connectivity index (χ0) is 13.0. The molecule has 1 amide bonds. The van der Waals surface area contributed by atoms with Gasteiger partial charge in [0.2, 0.25) is 5.91 Å². The van der Waals surface area contributed by atoms with Crippen LogP contribution in [0.15, 0.2) is 41.2 Å². The van der Waals surface area contributed by atoms with Crippen molar-refractivity contribution in [1.29, 1.82) is 0 Å². The Hall–Kier alpha value is -2.23. The number of aryl methyl sites for hydroxylation is 1. The Morgan fingerprint density at radius 2 is 2.17 bits per heavy atom. The lowest BCUT2D eigenvalue weighted by Gasteiger charge is -2.10. The maximum absolute atomic E-state index is 11.0.